The number of amides is 1. The summed E-state index contributed by atoms with van der Waals surface area (Å²) in [6.07, 6.45) is 4.96. The number of hydrogen-bond acceptors (Lipinski definition) is 6. The van der Waals surface area contributed by atoms with Gasteiger partial charge < -0.3 is 14.5 Å². The van der Waals surface area contributed by atoms with Crippen LogP contribution < -0.4 is 4.90 Å². The summed E-state index contributed by atoms with van der Waals surface area (Å²) in [6.45, 7) is 8.52. The average Bonchev–Trinajstić information content (AvgIpc) is 2.92. The van der Waals surface area contributed by atoms with Crippen LogP contribution in [0.3, 0.4) is 0 Å². The Morgan fingerprint density at radius 1 is 1.03 bits per heavy atom. The highest BCUT2D eigenvalue weighted by Crippen LogP contribution is 2.30. The Balaban J connectivity index is 1.44. The smallest absolute Gasteiger partial charge is 0.255 e. The summed E-state index contributed by atoms with van der Waals surface area (Å²) >= 11 is 0. The van der Waals surface area contributed by atoms with Crippen molar-refractivity contribution in [1.29, 1.82) is 0 Å². The molecule has 184 valence electrons. The number of hydrogen-bond donors (Lipinski definition) is 0. The molecule has 0 radical (unpaired) electrons. The SMILES string of the molecule is CC(C)CN(Cc1cccc(-c2ccc3ncnc(N4CCOCC4)c3c2)c1)C(=O)c1cccnc1. The lowest BCUT2D eigenvalue weighted by Gasteiger charge is -2.28. The third-order valence-corrected chi connectivity index (χ3v) is 6.34. The molecule has 1 saturated heterocycles. The van der Waals surface area contributed by atoms with Crippen molar-refractivity contribution >= 4 is 22.6 Å². The van der Waals surface area contributed by atoms with Crippen LogP contribution in [0, 0.1) is 5.92 Å². The number of carbonyl (C=O) groups excluding carboxylic acids is 1. The lowest BCUT2D eigenvalue weighted by Crippen LogP contribution is -2.36. The zero-order valence-electron chi connectivity index (χ0n) is 20.8. The van der Waals surface area contributed by atoms with Gasteiger partial charge in [-0.1, -0.05) is 38.1 Å². The Morgan fingerprint density at radius 3 is 2.64 bits per heavy atom. The number of morpholine rings is 1. The summed E-state index contributed by atoms with van der Waals surface area (Å²) in [4.78, 5) is 30.6. The van der Waals surface area contributed by atoms with Gasteiger partial charge in [0, 0.05) is 44.0 Å². The van der Waals surface area contributed by atoms with Gasteiger partial charge in [0.05, 0.1) is 24.3 Å². The maximum absolute atomic E-state index is 13.2. The van der Waals surface area contributed by atoms with E-state index in [4.69, 9.17) is 4.74 Å². The van der Waals surface area contributed by atoms with E-state index in [1.165, 1.54) is 0 Å². The Bertz CT molecular complexity index is 1340. The number of rotatable bonds is 7. The van der Waals surface area contributed by atoms with E-state index in [-0.39, 0.29) is 5.91 Å². The molecule has 4 aromatic rings. The van der Waals surface area contributed by atoms with E-state index in [9.17, 15) is 4.79 Å². The molecule has 0 N–H and O–H groups in total. The largest absolute Gasteiger partial charge is 0.378 e. The summed E-state index contributed by atoms with van der Waals surface area (Å²) < 4.78 is 5.52. The predicted octanol–water partition coefficient (Wildman–Crippen LogP) is 4.83. The second-order valence-electron chi connectivity index (χ2n) is 9.55. The van der Waals surface area contributed by atoms with Gasteiger partial charge in [-0.15, -0.1) is 0 Å². The zero-order chi connectivity index (χ0) is 24.9. The molecule has 7 heteroatoms. The molecular weight excluding hydrogens is 450 g/mol. The van der Waals surface area contributed by atoms with E-state index in [2.05, 4.69) is 76.2 Å². The monoisotopic (exact) mass is 481 g/mol. The first-order valence-electron chi connectivity index (χ1n) is 12.4. The molecule has 2 aromatic carbocycles. The van der Waals surface area contributed by atoms with Crippen molar-refractivity contribution in [3.63, 3.8) is 0 Å². The highest BCUT2D eigenvalue weighted by atomic mass is 16.5. The van der Waals surface area contributed by atoms with Gasteiger partial charge in [-0.25, -0.2) is 9.97 Å². The second-order valence-corrected chi connectivity index (χ2v) is 9.55. The van der Waals surface area contributed by atoms with Gasteiger partial charge in [-0.05, 0) is 52.9 Å². The van der Waals surface area contributed by atoms with Gasteiger partial charge >= 0.3 is 0 Å². The molecule has 5 rings (SSSR count). The van der Waals surface area contributed by atoms with E-state index < -0.39 is 0 Å². The Hall–Kier alpha value is -3.84. The number of anilines is 1. The fourth-order valence-electron chi connectivity index (χ4n) is 4.65. The molecule has 0 atom stereocenters. The molecule has 1 amide bonds. The van der Waals surface area contributed by atoms with Crippen LogP contribution in [0.2, 0.25) is 0 Å². The van der Waals surface area contributed by atoms with Crippen LogP contribution in [0.5, 0.6) is 0 Å². The summed E-state index contributed by atoms with van der Waals surface area (Å²) in [5.41, 5.74) is 4.83. The summed E-state index contributed by atoms with van der Waals surface area (Å²) in [7, 11) is 0. The summed E-state index contributed by atoms with van der Waals surface area (Å²) in [5.74, 6) is 1.31. The highest BCUT2D eigenvalue weighted by Gasteiger charge is 2.19. The maximum atomic E-state index is 13.2. The van der Waals surface area contributed by atoms with Crippen LogP contribution in [0.25, 0.3) is 22.0 Å². The molecule has 7 nitrogen and oxygen atoms in total. The van der Waals surface area contributed by atoms with Crippen molar-refractivity contribution in [3.8, 4) is 11.1 Å². The minimum Gasteiger partial charge on any atom is -0.378 e. The van der Waals surface area contributed by atoms with Crippen molar-refractivity contribution in [1.82, 2.24) is 19.9 Å². The number of pyridine rings is 1. The molecule has 0 bridgehead atoms. The molecule has 3 heterocycles. The Labute approximate surface area is 211 Å². The average molecular weight is 482 g/mol. The first-order valence-corrected chi connectivity index (χ1v) is 12.4. The molecular formula is C29H31N5O2. The third-order valence-electron chi connectivity index (χ3n) is 6.34. The van der Waals surface area contributed by atoms with Crippen LogP contribution in [0.15, 0.2) is 73.3 Å². The van der Waals surface area contributed by atoms with Crippen molar-refractivity contribution in [2.75, 3.05) is 37.7 Å². The van der Waals surface area contributed by atoms with Gasteiger partial charge in [-0.2, -0.15) is 0 Å². The number of ether oxygens (including phenoxy) is 1. The number of fused-ring (bicyclic) bond motifs is 1. The molecule has 0 aliphatic carbocycles. The fraction of sp³-hybridized carbons (Fsp3) is 0.310. The first-order chi connectivity index (χ1) is 17.6. The Kier molecular flexibility index (Phi) is 7.18. The highest BCUT2D eigenvalue weighted by molar-refractivity contribution is 5.94. The van der Waals surface area contributed by atoms with E-state index in [1.807, 2.05) is 11.0 Å². The van der Waals surface area contributed by atoms with Crippen LogP contribution in [0.4, 0.5) is 5.82 Å². The molecule has 36 heavy (non-hydrogen) atoms. The van der Waals surface area contributed by atoms with Crippen LogP contribution in [0.1, 0.15) is 29.8 Å². The van der Waals surface area contributed by atoms with Crippen molar-refractivity contribution in [2.45, 2.75) is 20.4 Å². The quantitative estimate of drug-likeness (QED) is 0.377. The molecule has 0 unspecified atom stereocenters. The topological polar surface area (TPSA) is 71.5 Å². The number of nitrogens with zero attached hydrogens (tertiary/aromatic N) is 5. The normalized spacial score (nSPS) is 13.8. The maximum Gasteiger partial charge on any atom is 0.255 e. The first kappa shape index (κ1) is 23.9. The second kappa shape index (κ2) is 10.8. The van der Waals surface area contributed by atoms with Crippen molar-refractivity contribution in [2.24, 2.45) is 5.92 Å². The number of benzene rings is 2. The molecule has 1 aliphatic rings. The summed E-state index contributed by atoms with van der Waals surface area (Å²) in [5, 5.41) is 1.04. The lowest BCUT2D eigenvalue weighted by molar-refractivity contribution is 0.0722. The molecule has 0 saturated carbocycles. The van der Waals surface area contributed by atoms with E-state index in [0.717, 1.165) is 46.5 Å². The molecule has 1 aliphatic heterocycles. The van der Waals surface area contributed by atoms with E-state index in [1.54, 1.807) is 24.8 Å². The fourth-order valence-corrected chi connectivity index (χ4v) is 4.65. The van der Waals surface area contributed by atoms with Crippen molar-refractivity contribution in [3.05, 3.63) is 84.4 Å². The predicted molar refractivity (Wildman–Crippen MR) is 142 cm³/mol. The van der Waals surface area contributed by atoms with Crippen molar-refractivity contribution < 1.29 is 9.53 Å². The lowest BCUT2D eigenvalue weighted by atomic mass is 10.0. The van der Waals surface area contributed by atoms with Gasteiger partial charge in [-0.3, -0.25) is 9.78 Å². The molecule has 0 spiro atoms. The van der Waals surface area contributed by atoms with E-state index >= 15 is 0 Å². The van der Waals surface area contributed by atoms with Gasteiger partial charge in [0.15, 0.2) is 0 Å². The van der Waals surface area contributed by atoms with Gasteiger partial charge in [0.25, 0.3) is 5.91 Å². The van der Waals surface area contributed by atoms with E-state index in [0.29, 0.717) is 37.8 Å². The number of aromatic nitrogens is 3. The molecule has 1 fully saturated rings. The van der Waals surface area contributed by atoms with Gasteiger partial charge in [0.1, 0.15) is 12.1 Å². The van der Waals surface area contributed by atoms with Gasteiger partial charge in [0.2, 0.25) is 0 Å². The zero-order valence-corrected chi connectivity index (χ0v) is 20.8. The van der Waals surface area contributed by atoms with Crippen LogP contribution in [-0.4, -0.2) is 58.6 Å². The standard InChI is InChI=1S/C29H31N5O2/c1-21(2)18-34(29(35)25-7-4-10-30-17-25)19-22-5-3-6-23(15-22)24-8-9-27-26(16-24)28(32-20-31-27)33-11-13-36-14-12-33/h3-10,15-17,20-21H,11-14,18-19H2,1-2H3. The summed E-state index contributed by atoms with van der Waals surface area (Å²) in [6, 6.07) is 18.4. The minimum atomic E-state index is 0.000194. The van der Waals surface area contributed by atoms with Crippen LogP contribution in [-0.2, 0) is 11.3 Å². The third kappa shape index (κ3) is 5.36. The minimum absolute atomic E-state index is 0.000194. The Morgan fingerprint density at radius 2 is 1.86 bits per heavy atom. The van der Waals surface area contributed by atoms with Crippen LogP contribution >= 0.6 is 0 Å². The number of carbonyl (C=O) groups is 1. The molecule has 2 aromatic heterocycles.